The summed E-state index contributed by atoms with van der Waals surface area (Å²) in [5.74, 6) is -0.658. The molecule has 0 aliphatic carbocycles. The highest BCUT2D eigenvalue weighted by Gasteiger charge is 2.35. The van der Waals surface area contributed by atoms with Gasteiger partial charge in [0.25, 0.3) is 11.8 Å². The summed E-state index contributed by atoms with van der Waals surface area (Å²) in [5, 5.41) is 10.2. The predicted molar refractivity (Wildman–Crippen MR) is 138 cm³/mol. The van der Waals surface area contributed by atoms with Crippen LogP contribution in [0.15, 0.2) is 59.2 Å². The second-order valence-electron chi connectivity index (χ2n) is 8.14. The first-order chi connectivity index (χ1) is 17.8. The normalized spacial score (nSPS) is 14.6. The summed E-state index contributed by atoms with van der Waals surface area (Å²) in [6.45, 7) is 5.41. The fourth-order valence-corrected chi connectivity index (χ4v) is 3.90. The molecule has 1 aliphatic rings. The largest absolute Gasteiger partial charge is 0.490 e. The second kappa shape index (κ2) is 12.7. The maximum Gasteiger partial charge on any atom is 0.302 e. The molecule has 0 atom stereocenters. The Labute approximate surface area is 220 Å². The van der Waals surface area contributed by atoms with Crippen molar-refractivity contribution in [2.75, 3.05) is 19.8 Å². The number of imide groups is 1. The number of nitrogens with zero attached hydrogens (tertiary/aromatic N) is 2. The van der Waals surface area contributed by atoms with Gasteiger partial charge in [0.15, 0.2) is 11.5 Å². The third-order valence-corrected chi connectivity index (χ3v) is 5.95. The summed E-state index contributed by atoms with van der Waals surface area (Å²) in [4.78, 5) is 38.0. The average Bonchev–Trinajstić information content (AvgIpc) is 2.87. The topological polar surface area (TPSA) is 106 Å². The Bertz CT molecular complexity index is 1310. The first-order valence-corrected chi connectivity index (χ1v) is 12.1. The maximum absolute atomic E-state index is 13.2. The van der Waals surface area contributed by atoms with Gasteiger partial charge in [0.2, 0.25) is 0 Å². The van der Waals surface area contributed by atoms with E-state index in [1.165, 1.54) is 6.92 Å². The Kier molecular flexibility index (Phi) is 9.47. The molecule has 2 aromatic rings. The predicted octanol–water partition coefficient (Wildman–Crippen LogP) is 4.86. The van der Waals surface area contributed by atoms with Crippen molar-refractivity contribution >= 4 is 35.5 Å². The minimum absolute atomic E-state index is 0.0137. The lowest BCUT2D eigenvalue weighted by molar-refractivity contribution is -0.141. The van der Waals surface area contributed by atoms with Crippen molar-refractivity contribution in [3.8, 4) is 17.6 Å². The molecule has 0 saturated heterocycles. The van der Waals surface area contributed by atoms with Crippen LogP contribution in [0.3, 0.4) is 0 Å². The van der Waals surface area contributed by atoms with Gasteiger partial charge >= 0.3 is 5.97 Å². The van der Waals surface area contributed by atoms with Crippen molar-refractivity contribution in [2.24, 2.45) is 0 Å². The first-order valence-electron chi connectivity index (χ1n) is 11.7. The Morgan fingerprint density at radius 2 is 1.86 bits per heavy atom. The Morgan fingerprint density at radius 3 is 2.54 bits per heavy atom. The third-order valence-electron chi connectivity index (χ3n) is 5.58. The van der Waals surface area contributed by atoms with Crippen LogP contribution in [-0.4, -0.2) is 42.4 Å². The smallest absolute Gasteiger partial charge is 0.302 e. The molecule has 2 amide bonds. The van der Waals surface area contributed by atoms with Crippen molar-refractivity contribution in [1.29, 1.82) is 5.26 Å². The summed E-state index contributed by atoms with van der Waals surface area (Å²) in [6.07, 6.45) is 1.87. The van der Waals surface area contributed by atoms with E-state index in [2.05, 4.69) is 0 Å². The highest BCUT2D eigenvalue weighted by atomic mass is 35.5. The Morgan fingerprint density at radius 1 is 1.11 bits per heavy atom. The van der Waals surface area contributed by atoms with Crippen molar-refractivity contribution in [3.63, 3.8) is 0 Å². The zero-order valence-electron chi connectivity index (χ0n) is 20.9. The monoisotopic (exact) mass is 522 g/mol. The summed E-state index contributed by atoms with van der Waals surface area (Å²) in [5.41, 5.74) is 1.86. The molecule has 1 heterocycles. The molecule has 37 heavy (non-hydrogen) atoms. The lowest BCUT2D eigenvalue weighted by Crippen LogP contribution is -2.43. The summed E-state index contributed by atoms with van der Waals surface area (Å²) in [6, 6.07) is 14.5. The van der Waals surface area contributed by atoms with E-state index >= 15 is 0 Å². The third kappa shape index (κ3) is 6.78. The number of benzene rings is 2. The van der Waals surface area contributed by atoms with Crippen molar-refractivity contribution < 1.29 is 28.6 Å². The lowest BCUT2D eigenvalue weighted by atomic mass is 9.93. The van der Waals surface area contributed by atoms with E-state index in [-0.39, 0.29) is 37.3 Å². The summed E-state index contributed by atoms with van der Waals surface area (Å²) < 4.78 is 16.6. The van der Waals surface area contributed by atoms with Gasteiger partial charge in [0.05, 0.1) is 13.2 Å². The van der Waals surface area contributed by atoms with Crippen LogP contribution >= 0.6 is 11.6 Å². The molecule has 0 spiro atoms. The van der Waals surface area contributed by atoms with Crippen LogP contribution in [0.5, 0.6) is 11.5 Å². The number of carbonyl (C=O) groups is 3. The van der Waals surface area contributed by atoms with E-state index in [4.69, 9.17) is 25.8 Å². The van der Waals surface area contributed by atoms with Crippen LogP contribution in [0, 0.1) is 11.3 Å². The van der Waals surface area contributed by atoms with Gasteiger partial charge in [-0.05, 0) is 55.7 Å². The van der Waals surface area contributed by atoms with Gasteiger partial charge in [-0.25, -0.2) is 0 Å². The summed E-state index contributed by atoms with van der Waals surface area (Å²) in [7, 11) is 0. The van der Waals surface area contributed by atoms with Gasteiger partial charge in [-0.2, -0.15) is 5.26 Å². The highest BCUT2D eigenvalue weighted by Crippen LogP contribution is 2.33. The molecule has 0 unspecified atom stereocenters. The molecule has 0 N–H and O–H groups in total. The molecule has 192 valence electrons. The second-order valence-corrected chi connectivity index (χ2v) is 8.55. The molecule has 9 heteroatoms. The molecule has 0 fully saturated rings. The number of amides is 2. The molecule has 2 aromatic carbocycles. The zero-order chi connectivity index (χ0) is 26.9. The number of esters is 1. The molecule has 1 aliphatic heterocycles. The minimum atomic E-state index is -0.664. The van der Waals surface area contributed by atoms with E-state index in [9.17, 15) is 19.6 Å². The molecule has 0 aromatic heterocycles. The molecule has 0 bridgehead atoms. The van der Waals surface area contributed by atoms with Crippen LogP contribution in [0.2, 0.25) is 5.02 Å². The highest BCUT2D eigenvalue weighted by molar-refractivity contribution is 6.31. The van der Waals surface area contributed by atoms with E-state index in [1.807, 2.05) is 31.2 Å². The molecule has 0 radical (unpaired) electrons. The number of hydrogen-bond acceptors (Lipinski definition) is 7. The fraction of sp³-hybridized carbons (Fsp3) is 0.286. The van der Waals surface area contributed by atoms with Crippen LogP contribution < -0.4 is 9.47 Å². The van der Waals surface area contributed by atoms with Crippen LogP contribution in [-0.2, 0) is 25.7 Å². The number of halogens is 1. The van der Waals surface area contributed by atoms with Crippen molar-refractivity contribution in [2.45, 2.75) is 33.8 Å². The van der Waals surface area contributed by atoms with Gasteiger partial charge in [-0.3, -0.25) is 19.3 Å². The SMILES string of the molecule is CCOc1cc(/C=C2/C(=O)N(CCCOC(C)=O)C(=O)C(C#N)=C2C)ccc1OCc1ccccc1Cl. The van der Waals surface area contributed by atoms with Crippen molar-refractivity contribution in [1.82, 2.24) is 4.90 Å². The van der Waals surface area contributed by atoms with Crippen LogP contribution in [0.4, 0.5) is 0 Å². The number of nitriles is 1. The fourth-order valence-electron chi connectivity index (χ4n) is 3.71. The minimum Gasteiger partial charge on any atom is -0.490 e. The Balaban J connectivity index is 1.89. The van der Waals surface area contributed by atoms with Gasteiger partial charge < -0.3 is 14.2 Å². The quantitative estimate of drug-likeness (QED) is 0.190. The number of carbonyl (C=O) groups excluding carboxylic acids is 3. The van der Waals surface area contributed by atoms with E-state index in [0.717, 1.165) is 10.5 Å². The molecular formula is C28H27ClN2O6. The van der Waals surface area contributed by atoms with Gasteiger partial charge in [-0.1, -0.05) is 35.9 Å². The van der Waals surface area contributed by atoms with Crippen LogP contribution in [0.1, 0.15) is 38.3 Å². The van der Waals surface area contributed by atoms with Crippen LogP contribution in [0.25, 0.3) is 6.08 Å². The zero-order valence-corrected chi connectivity index (χ0v) is 21.6. The van der Waals surface area contributed by atoms with Gasteiger partial charge in [-0.15, -0.1) is 0 Å². The standard InChI is InChI=1S/C28H27ClN2O6/c1-4-35-26-15-20(10-11-25(26)37-17-21-8-5-6-9-24(21)29)14-22-18(2)23(16-30)28(34)31(27(22)33)12-7-13-36-19(3)32/h5-6,8-11,14-15H,4,7,12-13,17H2,1-3H3/b22-14+. The van der Waals surface area contributed by atoms with Crippen molar-refractivity contribution in [3.05, 3.63) is 75.3 Å². The first kappa shape index (κ1) is 27.5. The Hall–Kier alpha value is -4.09. The molecular weight excluding hydrogens is 496 g/mol. The van der Waals surface area contributed by atoms with Gasteiger partial charge in [0, 0.05) is 29.6 Å². The molecule has 0 saturated carbocycles. The maximum atomic E-state index is 13.2. The number of rotatable bonds is 10. The van der Waals surface area contributed by atoms with Gasteiger partial charge in [0.1, 0.15) is 18.2 Å². The number of ether oxygens (including phenoxy) is 3. The molecule has 3 rings (SSSR count). The summed E-state index contributed by atoms with van der Waals surface area (Å²) >= 11 is 6.22. The lowest BCUT2D eigenvalue weighted by Gasteiger charge is -2.27. The van der Waals surface area contributed by atoms with E-state index in [1.54, 1.807) is 37.3 Å². The average molecular weight is 523 g/mol. The molecule has 8 nitrogen and oxygen atoms in total. The van der Waals surface area contributed by atoms with E-state index < -0.39 is 17.8 Å². The van der Waals surface area contributed by atoms with E-state index in [0.29, 0.717) is 34.3 Å². The number of hydrogen-bond donors (Lipinski definition) is 0.